The van der Waals surface area contributed by atoms with Crippen molar-refractivity contribution in [3.05, 3.63) is 12.7 Å². The maximum atomic E-state index is 11.0. The fourth-order valence-corrected chi connectivity index (χ4v) is 1.09. The third-order valence-corrected chi connectivity index (χ3v) is 1.99. The van der Waals surface area contributed by atoms with Crippen LogP contribution in [0.15, 0.2) is 12.7 Å². The van der Waals surface area contributed by atoms with E-state index in [0.29, 0.717) is 0 Å². The van der Waals surface area contributed by atoms with Crippen molar-refractivity contribution in [2.45, 2.75) is 12.0 Å². The summed E-state index contributed by atoms with van der Waals surface area (Å²) in [7, 11) is 1.59. The van der Waals surface area contributed by atoms with Crippen molar-refractivity contribution in [2.24, 2.45) is 11.7 Å². The normalized spacial score (nSPS) is 36.8. The molecule has 0 heterocycles. The van der Waals surface area contributed by atoms with Crippen LogP contribution in [0, 0.1) is 5.92 Å². The fourth-order valence-electron chi connectivity index (χ4n) is 1.09. The summed E-state index contributed by atoms with van der Waals surface area (Å²) in [6, 6.07) is 0. The van der Waals surface area contributed by atoms with E-state index in [0.717, 1.165) is 6.42 Å². The van der Waals surface area contributed by atoms with Crippen molar-refractivity contribution in [2.75, 3.05) is 7.05 Å². The zero-order chi connectivity index (χ0) is 7.78. The van der Waals surface area contributed by atoms with Crippen molar-refractivity contribution >= 4 is 5.91 Å². The predicted octanol–water partition coefficient (Wildman–Crippen LogP) is -0.364. The van der Waals surface area contributed by atoms with Crippen molar-refractivity contribution in [1.82, 2.24) is 5.32 Å². The molecule has 1 rings (SSSR count). The van der Waals surface area contributed by atoms with Gasteiger partial charge in [-0.2, -0.15) is 0 Å². The highest BCUT2D eigenvalue weighted by atomic mass is 16.2. The van der Waals surface area contributed by atoms with Crippen LogP contribution in [0.5, 0.6) is 0 Å². The molecule has 0 aromatic heterocycles. The van der Waals surface area contributed by atoms with Crippen molar-refractivity contribution in [3.63, 3.8) is 0 Å². The minimum Gasteiger partial charge on any atom is -0.358 e. The van der Waals surface area contributed by atoms with Crippen molar-refractivity contribution in [3.8, 4) is 0 Å². The number of nitrogens with two attached hydrogens (primary N) is 1. The molecule has 0 aromatic rings. The number of likely N-dealkylation sites (N-methyl/N-ethyl adjacent to an activating group) is 1. The lowest BCUT2D eigenvalue weighted by atomic mass is 10.2. The monoisotopic (exact) mass is 140 g/mol. The van der Waals surface area contributed by atoms with Gasteiger partial charge in [-0.05, 0) is 6.42 Å². The van der Waals surface area contributed by atoms with Crippen LogP contribution < -0.4 is 11.1 Å². The van der Waals surface area contributed by atoms with Crippen LogP contribution >= 0.6 is 0 Å². The standard InChI is InChI=1S/C7H12N2O/c1-3-5-4-7(5,8)6(10)9-2/h3,5H,1,4,8H2,2H3,(H,9,10)/t5-,7-/m1/s1. The molecule has 0 radical (unpaired) electrons. The molecule has 0 unspecified atom stereocenters. The first-order valence-electron chi connectivity index (χ1n) is 3.28. The Morgan fingerprint density at radius 3 is 2.90 bits per heavy atom. The second-order valence-electron chi connectivity index (χ2n) is 2.67. The lowest BCUT2D eigenvalue weighted by molar-refractivity contribution is -0.123. The molecule has 1 aliphatic carbocycles. The third-order valence-electron chi connectivity index (χ3n) is 1.99. The van der Waals surface area contributed by atoms with Gasteiger partial charge in [-0.1, -0.05) is 6.08 Å². The van der Waals surface area contributed by atoms with Gasteiger partial charge in [0.15, 0.2) is 0 Å². The smallest absolute Gasteiger partial charge is 0.240 e. The molecule has 0 spiro atoms. The van der Waals surface area contributed by atoms with E-state index in [-0.39, 0.29) is 11.8 Å². The molecule has 10 heavy (non-hydrogen) atoms. The number of carbonyl (C=O) groups is 1. The number of hydrogen-bond donors (Lipinski definition) is 2. The van der Waals surface area contributed by atoms with E-state index in [9.17, 15) is 4.79 Å². The van der Waals surface area contributed by atoms with Gasteiger partial charge < -0.3 is 11.1 Å². The van der Waals surface area contributed by atoms with Crippen LogP contribution in [0.25, 0.3) is 0 Å². The molecule has 3 nitrogen and oxygen atoms in total. The van der Waals surface area contributed by atoms with Gasteiger partial charge in [0, 0.05) is 13.0 Å². The zero-order valence-corrected chi connectivity index (χ0v) is 6.05. The SMILES string of the molecule is C=C[C@@H]1C[C@]1(N)C(=O)NC. The Kier molecular flexibility index (Phi) is 1.52. The van der Waals surface area contributed by atoms with E-state index < -0.39 is 5.54 Å². The number of nitrogens with one attached hydrogen (secondary N) is 1. The first kappa shape index (κ1) is 7.28. The summed E-state index contributed by atoms with van der Waals surface area (Å²) in [5, 5.41) is 2.52. The quantitative estimate of drug-likeness (QED) is 0.514. The summed E-state index contributed by atoms with van der Waals surface area (Å²) in [5.41, 5.74) is 5.03. The summed E-state index contributed by atoms with van der Waals surface area (Å²) >= 11 is 0. The fraction of sp³-hybridized carbons (Fsp3) is 0.571. The highest BCUT2D eigenvalue weighted by molar-refractivity contribution is 5.90. The number of rotatable bonds is 2. The van der Waals surface area contributed by atoms with E-state index in [2.05, 4.69) is 11.9 Å². The van der Waals surface area contributed by atoms with E-state index in [4.69, 9.17) is 5.73 Å². The third kappa shape index (κ3) is 0.827. The van der Waals surface area contributed by atoms with Gasteiger partial charge in [0.05, 0.1) is 0 Å². The molecule has 1 aliphatic rings. The molecular formula is C7H12N2O. The van der Waals surface area contributed by atoms with Crippen LogP contribution in [0.2, 0.25) is 0 Å². The van der Waals surface area contributed by atoms with E-state index in [1.165, 1.54) is 0 Å². The lowest BCUT2D eigenvalue weighted by Gasteiger charge is -2.06. The molecule has 56 valence electrons. The number of amides is 1. The summed E-state index contributed by atoms with van der Waals surface area (Å²) in [6.45, 7) is 3.57. The second kappa shape index (κ2) is 2.09. The minimum absolute atomic E-state index is 0.0857. The van der Waals surface area contributed by atoms with Gasteiger partial charge in [-0.3, -0.25) is 4.79 Å². The minimum atomic E-state index is -0.642. The van der Waals surface area contributed by atoms with Gasteiger partial charge in [-0.25, -0.2) is 0 Å². The molecule has 0 aromatic carbocycles. The molecule has 2 atom stereocenters. The summed E-state index contributed by atoms with van der Waals surface area (Å²) in [6.07, 6.45) is 2.46. The summed E-state index contributed by atoms with van der Waals surface area (Å²) in [4.78, 5) is 11.0. The van der Waals surface area contributed by atoms with E-state index in [1.807, 2.05) is 0 Å². The Bertz CT molecular complexity index is 178. The Balaban J connectivity index is 2.58. The number of carbonyl (C=O) groups excluding carboxylic acids is 1. The van der Waals surface area contributed by atoms with Gasteiger partial charge in [0.1, 0.15) is 5.54 Å². The molecule has 1 amide bonds. The molecule has 0 saturated heterocycles. The summed E-state index contributed by atoms with van der Waals surface area (Å²) in [5.74, 6) is 0.0878. The molecule has 3 N–H and O–H groups in total. The Labute approximate surface area is 60.3 Å². The maximum absolute atomic E-state index is 11.0. The topological polar surface area (TPSA) is 55.1 Å². The van der Waals surface area contributed by atoms with Crippen LogP contribution in [-0.2, 0) is 4.79 Å². The van der Waals surface area contributed by atoms with Gasteiger partial charge in [-0.15, -0.1) is 6.58 Å². The second-order valence-corrected chi connectivity index (χ2v) is 2.67. The van der Waals surface area contributed by atoms with Crippen molar-refractivity contribution in [1.29, 1.82) is 0 Å². The van der Waals surface area contributed by atoms with Crippen LogP contribution in [0.1, 0.15) is 6.42 Å². The zero-order valence-electron chi connectivity index (χ0n) is 6.05. The lowest BCUT2D eigenvalue weighted by Crippen LogP contribution is -2.42. The van der Waals surface area contributed by atoms with Crippen LogP contribution in [-0.4, -0.2) is 18.5 Å². The van der Waals surface area contributed by atoms with E-state index in [1.54, 1.807) is 13.1 Å². The Morgan fingerprint density at radius 2 is 2.60 bits per heavy atom. The van der Waals surface area contributed by atoms with Gasteiger partial charge >= 0.3 is 0 Å². The van der Waals surface area contributed by atoms with Crippen LogP contribution in [0.4, 0.5) is 0 Å². The molecular weight excluding hydrogens is 128 g/mol. The number of hydrogen-bond acceptors (Lipinski definition) is 2. The molecule has 0 bridgehead atoms. The molecule has 1 saturated carbocycles. The Morgan fingerprint density at radius 1 is 2.00 bits per heavy atom. The first-order chi connectivity index (χ1) is 4.65. The van der Waals surface area contributed by atoms with Gasteiger partial charge in [0.2, 0.25) is 5.91 Å². The van der Waals surface area contributed by atoms with Crippen LogP contribution in [0.3, 0.4) is 0 Å². The predicted molar refractivity (Wildman–Crippen MR) is 39.3 cm³/mol. The average Bonchev–Trinajstić information content (AvgIpc) is 2.61. The molecule has 0 aliphatic heterocycles. The highest BCUT2D eigenvalue weighted by Crippen LogP contribution is 2.41. The average molecular weight is 140 g/mol. The highest BCUT2D eigenvalue weighted by Gasteiger charge is 2.54. The largest absolute Gasteiger partial charge is 0.358 e. The van der Waals surface area contributed by atoms with Gasteiger partial charge in [0.25, 0.3) is 0 Å². The molecule has 3 heteroatoms. The Hall–Kier alpha value is -0.830. The molecule has 1 fully saturated rings. The van der Waals surface area contributed by atoms with E-state index >= 15 is 0 Å². The first-order valence-corrected chi connectivity index (χ1v) is 3.28. The summed E-state index contributed by atoms with van der Waals surface area (Å²) < 4.78 is 0. The maximum Gasteiger partial charge on any atom is 0.240 e. The van der Waals surface area contributed by atoms with Crippen molar-refractivity contribution < 1.29 is 4.79 Å².